The molecule has 3 aromatic rings. The predicted molar refractivity (Wildman–Crippen MR) is 108 cm³/mol. The van der Waals surface area contributed by atoms with Crippen LogP contribution in [0, 0.1) is 12.8 Å². The van der Waals surface area contributed by atoms with Gasteiger partial charge in [-0.25, -0.2) is 9.97 Å². The molecule has 4 heterocycles. The number of nitrogens with zero attached hydrogens (tertiary/aromatic N) is 4. The van der Waals surface area contributed by atoms with E-state index in [1.165, 1.54) is 0 Å². The summed E-state index contributed by atoms with van der Waals surface area (Å²) in [7, 11) is 0. The number of benzene rings is 1. The van der Waals surface area contributed by atoms with Gasteiger partial charge < -0.3 is 19.9 Å². The highest BCUT2D eigenvalue weighted by Gasteiger charge is 2.37. The number of hydrogen-bond acceptors (Lipinski definition) is 6. The highest BCUT2D eigenvalue weighted by atomic mass is 32.1. The van der Waals surface area contributed by atoms with Crippen LogP contribution in [0.1, 0.15) is 23.6 Å². The van der Waals surface area contributed by atoms with Crippen molar-refractivity contribution in [2.75, 3.05) is 24.5 Å². The molecule has 2 atom stereocenters. The van der Waals surface area contributed by atoms with Crippen molar-refractivity contribution in [1.82, 2.24) is 19.9 Å². The Hall–Kier alpha value is -2.45. The van der Waals surface area contributed by atoms with Crippen LogP contribution in [0.25, 0.3) is 10.2 Å². The molecule has 1 aromatic carbocycles. The number of H-pyrrole nitrogens is 1. The van der Waals surface area contributed by atoms with E-state index in [1.807, 2.05) is 30.0 Å². The molecular weight excluding hydrogens is 374 g/mol. The van der Waals surface area contributed by atoms with Crippen LogP contribution in [0.4, 0.5) is 5.13 Å². The van der Waals surface area contributed by atoms with Crippen LogP contribution in [0.5, 0.6) is 0 Å². The molecule has 0 saturated carbocycles. The topological polar surface area (TPSA) is 85.4 Å². The number of amides is 1. The number of carbonyl (C=O) groups excluding carboxylic acids is 1. The Bertz CT molecular complexity index is 996. The van der Waals surface area contributed by atoms with Crippen molar-refractivity contribution in [2.45, 2.75) is 32.4 Å². The fourth-order valence-corrected chi connectivity index (χ4v) is 5.21. The van der Waals surface area contributed by atoms with Gasteiger partial charge in [-0.3, -0.25) is 4.79 Å². The quantitative estimate of drug-likeness (QED) is 0.692. The van der Waals surface area contributed by atoms with E-state index in [0.717, 1.165) is 39.0 Å². The second kappa shape index (κ2) is 6.86. The van der Waals surface area contributed by atoms with Crippen LogP contribution in [0.3, 0.4) is 0 Å². The fourth-order valence-electron chi connectivity index (χ4n) is 4.21. The van der Waals surface area contributed by atoms with Gasteiger partial charge in [-0.1, -0.05) is 23.5 Å². The lowest BCUT2D eigenvalue weighted by atomic mass is 9.93. The second-order valence-corrected chi connectivity index (χ2v) is 8.64. The molecule has 1 fully saturated rings. The summed E-state index contributed by atoms with van der Waals surface area (Å²) in [6, 6.07) is 8.07. The monoisotopic (exact) mass is 397 g/mol. The Kier molecular flexibility index (Phi) is 4.32. The van der Waals surface area contributed by atoms with Crippen LogP contribution < -0.4 is 4.90 Å². The number of hydrogen-bond donors (Lipinski definition) is 2. The third kappa shape index (κ3) is 3.06. The number of rotatable bonds is 2. The fraction of sp³-hybridized carbons (Fsp3) is 0.450. The maximum absolute atomic E-state index is 13.2. The zero-order valence-corrected chi connectivity index (χ0v) is 16.6. The third-order valence-corrected chi connectivity index (χ3v) is 6.81. The minimum Gasteiger partial charge on any atom is -0.392 e. The van der Waals surface area contributed by atoms with Gasteiger partial charge >= 0.3 is 0 Å². The molecule has 0 bridgehead atoms. The molecule has 1 amide bonds. The molecule has 0 aliphatic carbocycles. The van der Waals surface area contributed by atoms with E-state index in [4.69, 9.17) is 4.98 Å². The largest absolute Gasteiger partial charge is 0.392 e. The number of carbonyl (C=O) groups is 1. The molecule has 0 radical (unpaired) electrons. The van der Waals surface area contributed by atoms with Gasteiger partial charge in [0.05, 0.1) is 40.2 Å². The molecule has 1 saturated heterocycles. The van der Waals surface area contributed by atoms with E-state index in [1.54, 1.807) is 11.3 Å². The molecule has 2 aromatic heterocycles. The van der Waals surface area contributed by atoms with Gasteiger partial charge in [0.25, 0.3) is 0 Å². The standard InChI is InChI=1S/C20H23N5O2S/c1-12-21-14-6-8-24(11-16(14)22-12)19(27)13-10-25(9-7-17(13)26)20-23-15-4-2-3-5-18(15)28-20/h2-5,13,17,26H,6-11H2,1H3,(H,21,22)/t13-,17+/m0/s1. The normalized spacial score (nSPS) is 22.5. The van der Waals surface area contributed by atoms with Gasteiger partial charge in [0, 0.05) is 26.1 Å². The lowest BCUT2D eigenvalue weighted by Gasteiger charge is -2.38. The van der Waals surface area contributed by atoms with Crippen LogP contribution >= 0.6 is 11.3 Å². The Balaban J connectivity index is 1.34. The van der Waals surface area contributed by atoms with Crippen molar-refractivity contribution in [3.05, 3.63) is 41.5 Å². The Morgan fingerprint density at radius 3 is 3.00 bits per heavy atom. The van der Waals surface area contributed by atoms with Gasteiger partial charge in [0.2, 0.25) is 5.91 Å². The highest BCUT2D eigenvalue weighted by molar-refractivity contribution is 7.22. The summed E-state index contributed by atoms with van der Waals surface area (Å²) in [5, 5.41) is 11.5. The van der Waals surface area contributed by atoms with Crippen LogP contribution in [-0.4, -0.2) is 56.6 Å². The minimum atomic E-state index is -0.608. The predicted octanol–water partition coefficient (Wildman–Crippen LogP) is 2.10. The summed E-state index contributed by atoms with van der Waals surface area (Å²) in [4.78, 5) is 29.7. The van der Waals surface area contributed by atoms with Crippen molar-refractivity contribution in [1.29, 1.82) is 0 Å². The zero-order chi connectivity index (χ0) is 19.3. The number of piperidine rings is 1. The first-order valence-corrected chi connectivity index (χ1v) is 10.5. The zero-order valence-electron chi connectivity index (χ0n) is 15.8. The van der Waals surface area contributed by atoms with Gasteiger partial charge in [-0.2, -0.15) is 0 Å². The molecule has 2 aliphatic heterocycles. The van der Waals surface area contributed by atoms with Crippen molar-refractivity contribution < 1.29 is 9.90 Å². The van der Waals surface area contributed by atoms with Crippen LogP contribution in [0.2, 0.25) is 0 Å². The van der Waals surface area contributed by atoms with E-state index in [2.05, 4.69) is 20.9 Å². The van der Waals surface area contributed by atoms with Gasteiger partial charge in [-0.05, 0) is 25.5 Å². The smallest absolute Gasteiger partial charge is 0.230 e. The number of thiazole rings is 1. The molecule has 8 heteroatoms. The first-order valence-electron chi connectivity index (χ1n) is 9.70. The molecule has 2 aliphatic rings. The summed E-state index contributed by atoms with van der Waals surface area (Å²) in [5.41, 5.74) is 3.06. The maximum atomic E-state index is 13.2. The van der Waals surface area contributed by atoms with Gasteiger partial charge in [-0.15, -0.1) is 0 Å². The number of para-hydroxylation sites is 1. The van der Waals surface area contributed by atoms with Gasteiger partial charge in [0.1, 0.15) is 5.82 Å². The lowest BCUT2D eigenvalue weighted by Crippen LogP contribution is -2.52. The molecular formula is C20H23N5O2S. The average molecular weight is 398 g/mol. The summed E-state index contributed by atoms with van der Waals surface area (Å²) < 4.78 is 1.14. The summed E-state index contributed by atoms with van der Waals surface area (Å²) in [5.74, 6) is 0.488. The van der Waals surface area contributed by atoms with Crippen LogP contribution in [-0.2, 0) is 17.8 Å². The Morgan fingerprint density at radius 2 is 2.14 bits per heavy atom. The summed E-state index contributed by atoms with van der Waals surface area (Å²) >= 11 is 1.64. The van der Waals surface area contributed by atoms with E-state index >= 15 is 0 Å². The maximum Gasteiger partial charge on any atom is 0.230 e. The number of aromatic nitrogens is 3. The van der Waals surface area contributed by atoms with E-state index in [0.29, 0.717) is 32.6 Å². The molecule has 2 N–H and O–H groups in total. The number of aryl methyl sites for hydroxylation is 1. The van der Waals surface area contributed by atoms with Crippen molar-refractivity contribution >= 4 is 32.6 Å². The first kappa shape index (κ1) is 17.6. The van der Waals surface area contributed by atoms with Crippen molar-refractivity contribution in [3.63, 3.8) is 0 Å². The Labute approximate surface area is 167 Å². The van der Waals surface area contributed by atoms with Crippen LogP contribution in [0.15, 0.2) is 24.3 Å². The Morgan fingerprint density at radius 1 is 1.29 bits per heavy atom. The molecule has 5 rings (SSSR count). The van der Waals surface area contributed by atoms with E-state index in [9.17, 15) is 9.90 Å². The molecule has 0 unspecified atom stereocenters. The first-order chi connectivity index (χ1) is 13.6. The number of nitrogens with one attached hydrogen (secondary N) is 1. The van der Waals surface area contributed by atoms with Gasteiger partial charge in [0.15, 0.2) is 5.13 Å². The van der Waals surface area contributed by atoms with E-state index in [-0.39, 0.29) is 5.91 Å². The number of imidazole rings is 1. The number of fused-ring (bicyclic) bond motifs is 2. The van der Waals surface area contributed by atoms with Crippen molar-refractivity contribution in [2.24, 2.45) is 5.92 Å². The highest BCUT2D eigenvalue weighted by Crippen LogP contribution is 2.32. The molecule has 146 valence electrons. The lowest BCUT2D eigenvalue weighted by molar-refractivity contribution is -0.140. The van der Waals surface area contributed by atoms with Crippen molar-refractivity contribution in [3.8, 4) is 0 Å². The molecule has 0 spiro atoms. The number of anilines is 1. The summed E-state index contributed by atoms with van der Waals surface area (Å²) in [6.45, 7) is 4.35. The third-order valence-electron chi connectivity index (χ3n) is 5.71. The molecule has 7 nitrogen and oxygen atoms in total. The number of aliphatic hydroxyl groups is 1. The average Bonchev–Trinajstić information content (AvgIpc) is 3.29. The number of aromatic amines is 1. The SMILES string of the molecule is Cc1nc2c([nH]1)CN(C(=O)[C@H]1CN(c3nc4ccccc4s3)CC[C@H]1O)CC2. The van der Waals surface area contributed by atoms with E-state index < -0.39 is 12.0 Å². The molecule has 28 heavy (non-hydrogen) atoms. The second-order valence-electron chi connectivity index (χ2n) is 7.63. The summed E-state index contributed by atoms with van der Waals surface area (Å²) in [6.07, 6.45) is 0.729. The minimum absolute atomic E-state index is 0.0243. The number of aliphatic hydroxyl groups excluding tert-OH is 1.